The second-order valence-corrected chi connectivity index (χ2v) is 7.04. The van der Waals surface area contributed by atoms with Gasteiger partial charge in [0.15, 0.2) is 0 Å². The van der Waals surface area contributed by atoms with Crippen LogP contribution in [-0.2, 0) is 6.42 Å². The maximum Gasteiger partial charge on any atom is -0.00196 e. The van der Waals surface area contributed by atoms with Crippen LogP contribution >= 0.6 is 0 Å². The fourth-order valence-corrected chi connectivity index (χ4v) is 3.95. The Hall–Kier alpha value is -3.38. The lowest BCUT2D eigenvalue weighted by molar-refractivity contribution is 1.21. The molecule has 0 aliphatic rings. The Morgan fingerprint density at radius 1 is 0.444 bits per heavy atom. The normalized spacial score (nSPS) is 11.1. The van der Waals surface area contributed by atoms with E-state index >= 15 is 0 Å². The van der Waals surface area contributed by atoms with Crippen LogP contribution < -0.4 is 0 Å². The third-order valence-electron chi connectivity index (χ3n) is 5.33. The van der Waals surface area contributed by atoms with E-state index in [1.165, 1.54) is 43.8 Å². The first-order valence-electron chi connectivity index (χ1n) is 9.42. The first-order valence-corrected chi connectivity index (χ1v) is 9.42. The zero-order valence-electron chi connectivity index (χ0n) is 15.1. The molecule has 0 N–H and O–H groups in total. The Morgan fingerprint density at radius 2 is 1.04 bits per heavy atom. The lowest BCUT2D eigenvalue weighted by Crippen LogP contribution is -1.90. The van der Waals surface area contributed by atoms with Crippen molar-refractivity contribution in [3.63, 3.8) is 0 Å². The third kappa shape index (κ3) is 3.00. The summed E-state index contributed by atoms with van der Waals surface area (Å²) in [6.45, 7) is 0. The molecule has 0 aliphatic carbocycles. The number of hydrogen-bond donors (Lipinski definition) is 0. The van der Waals surface area contributed by atoms with Gasteiger partial charge in [-0.25, -0.2) is 0 Å². The summed E-state index contributed by atoms with van der Waals surface area (Å²) in [5, 5.41) is 5.25. The van der Waals surface area contributed by atoms with Gasteiger partial charge < -0.3 is 0 Å². The minimum absolute atomic E-state index is 0.956. The Bertz CT molecular complexity index is 1220. The molecule has 0 saturated heterocycles. The predicted octanol–water partition coefficient (Wildman–Crippen LogP) is 7.25. The molecule has 128 valence electrons. The molecule has 0 aliphatic heterocycles. The summed E-state index contributed by atoms with van der Waals surface area (Å²) in [6.07, 6.45) is 0.956. The van der Waals surface area contributed by atoms with Crippen molar-refractivity contribution in [2.45, 2.75) is 6.42 Å². The van der Waals surface area contributed by atoms with Gasteiger partial charge in [0, 0.05) is 0 Å². The third-order valence-corrected chi connectivity index (χ3v) is 5.33. The minimum Gasteiger partial charge on any atom is -0.0616 e. The molecule has 0 aromatic heterocycles. The summed E-state index contributed by atoms with van der Waals surface area (Å²) in [6, 6.07) is 39.3. The van der Waals surface area contributed by atoms with E-state index in [4.69, 9.17) is 0 Å². The molecule has 0 atom stereocenters. The van der Waals surface area contributed by atoms with Gasteiger partial charge in [0.2, 0.25) is 0 Å². The predicted molar refractivity (Wildman–Crippen MR) is 116 cm³/mol. The summed E-state index contributed by atoms with van der Waals surface area (Å²) in [5.41, 5.74) is 5.29. The Kier molecular flexibility index (Phi) is 3.95. The molecule has 0 unspecified atom stereocenters. The Balaban J connectivity index is 1.50. The molecule has 0 saturated carbocycles. The van der Waals surface area contributed by atoms with E-state index in [2.05, 4.69) is 109 Å². The van der Waals surface area contributed by atoms with Crippen LogP contribution in [0, 0.1) is 0 Å². The van der Waals surface area contributed by atoms with Crippen molar-refractivity contribution in [2.24, 2.45) is 0 Å². The highest BCUT2D eigenvalue weighted by molar-refractivity contribution is 5.96. The van der Waals surface area contributed by atoms with E-state index < -0.39 is 0 Å². The molecule has 0 heteroatoms. The molecule has 5 aromatic rings. The van der Waals surface area contributed by atoms with E-state index in [1.807, 2.05) is 0 Å². The van der Waals surface area contributed by atoms with Crippen molar-refractivity contribution in [3.8, 4) is 11.1 Å². The van der Waals surface area contributed by atoms with Crippen molar-refractivity contribution in [1.82, 2.24) is 0 Å². The minimum atomic E-state index is 0.956. The van der Waals surface area contributed by atoms with Crippen molar-refractivity contribution in [1.29, 1.82) is 0 Å². The highest BCUT2D eigenvalue weighted by Crippen LogP contribution is 2.29. The van der Waals surface area contributed by atoms with Crippen molar-refractivity contribution >= 4 is 21.5 Å². The van der Waals surface area contributed by atoms with Crippen molar-refractivity contribution in [3.05, 3.63) is 120 Å². The fraction of sp³-hybridized carbons (Fsp3) is 0.0370. The molecular weight excluding hydrogens is 324 g/mol. The SMILES string of the molecule is c1ccc2c(Cc3ccc(-c4cccc5ccccc45)cc3)cccc2c1. The van der Waals surface area contributed by atoms with Crippen LogP contribution in [-0.4, -0.2) is 0 Å². The summed E-state index contributed by atoms with van der Waals surface area (Å²) in [4.78, 5) is 0. The fourth-order valence-electron chi connectivity index (χ4n) is 3.95. The van der Waals surface area contributed by atoms with E-state index in [0.717, 1.165) is 6.42 Å². The lowest BCUT2D eigenvalue weighted by atomic mass is 9.95. The molecule has 27 heavy (non-hydrogen) atoms. The average molecular weight is 344 g/mol. The molecule has 0 bridgehead atoms. The lowest BCUT2D eigenvalue weighted by Gasteiger charge is -2.10. The van der Waals surface area contributed by atoms with E-state index in [0.29, 0.717) is 0 Å². The van der Waals surface area contributed by atoms with Gasteiger partial charge in [0.05, 0.1) is 0 Å². The van der Waals surface area contributed by atoms with Crippen LogP contribution in [0.3, 0.4) is 0 Å². The van der Waals surface area contributed by atoms with E-state index in [1.54, 1.807) is 0 Å². The highest BCUT2D eigenvalue weighted by Gasteiger charge is 2.05. The smallest absolute Gasteiger partial charge is 0.00196 e. The van der Waals surface area contributed by atoms with Gasteiger partial charge in [0.25, 0.3) is 0 Å². The summed E-state index contributed by atoms with van der Waals surface area (Å²) < 4.78 is 0. The molecule has 5 rings (SSSR count). The van der Waals surface area contributed by atoms with Gasteiger partial charge in [-0.15, -0.1) is 0 Å². The first-order chi connectivity index (χ1) is 13.4. The monoisotopic (exact) mass is 344 g/mol. The summed E-state index contributed by atoms with van der Waals surface area (Å²) >= 11 is 0. The van der Waals surface area contributed by atoms with E-state index in [-0.39, 0.29) is 0 Å². The largest absolute Gasteiger partial charge is 0.0616 e. The standard InChI is InChI=1S/C27H20/c1-3-12-25-21(7-1)9-5-11-24(25)19-20-15-17-23(18-16-20)27-14-6-10-22-8-2-4-13-26(22)27/h1-18H,19H2. The van der Waals surface area contributed by atoms with Crippen LogP contribution in [0.15, 0.2) is 109 Å². The molecule has 0 spiro atoms. The zero-order chi connectivity index (χ0) is 18.1. The maximum atomic E-state index is 2.26. The Labute approximate surface area is 159 Å². The van der Waals surface area contributed by atoms with E-state index in [9.17, 15) is 0 Å². The van der Waals surface area contributed by atoms with Crippen molar-refractivity contribution < 1.29 is 0 Å². The Morgan fingerprint density at radius 3 is 1.81 bits per heavy atom. The van der Waals surface area contributed by atoms with Gasteiger partial charge in [0.1, 0.15) is 0 Å². The van der Waals surface area contributed by atoms with Gasteiger partial charge >= 0.3 is 0 Å². The average Bonchev–Trinajstić information content (AvgIpc) is 2.74. The second-order valence-electron chi connectivity index (χ2n) is 7.04. The number of fused-ring (bicyclic) bond motifs is 2. The second kappa shape index (κ2) is 6.74. The summed E-state index contributed by atoms with van der Waals surface area (Å²) in [7, 11) is 0. The van der Waals surface area contributed by atoms with Crippen LogP contribution in [0.25, 0.3) is 32.7 Å². The van der Waals surface area contributed by atoms with Gasteiger partial charge in [-0.05, 0) is 50.2 Å². The molecule has 0 nitrogen and oxygen atoms in total. The highest BCUT2D eigenvalue weighted by atomic mass is 14.1. The molecule has 0 fully saturated rings. The quantitative estimate of drug-likeness (QED) is 0.323. The van der Waals surface area contributed by atoms with Crippen LogP contribution in [0.2, 0.25) is 0 Å². The maximum absolute atomic E-state index is 2.26. The molecular formula is C27H20. The van der Waals surface area contributed by atoms with Gasteiger partial charge in [-0.3, -0.25) is 0 Å². The first kappa shape index (κ1) is 15.8. The zero-order valence-corrected chi connectivity index (χ0v) is 15.1. The molecule has 0 heterocycles. The number of rotatable bonds is 3. The molecule has 0 amide bonds. The molecule has 5 aromatic carbocycles. The van der Waals surface area contributed by atoms with Crippen LogP contribution in [0.1, 0.15) is 11.1 Å². The number of hydrogen-bond acceptors (Lipinski definition) is 0. The van der Waals surface area contributed by atoms with Gasteiger partial charge in [-0.2, -0.15) is 0 Å². The topological polar surface area (TPSA) is 0 Å². The molecule has 0 radical (unpaired) electrons. The van der Waals surface area contributed by atoms with Crippen molar-refractivity contribution in [2.75, 3.05) is 0 Å². The van der Waals surface area contributed by atoms with Crippen LogP contribution in [0.4, 0.5) is 0 Å². The van der Waals surface area contributed by atoms with Crippen LogP contribution in [0.5, 0.6) is 0 Å². The van der Waals surface area contributed by atoms with Gasteiger partial charge in [-0.1, -0.05) is 109 Å². The summed E-state index contributed by atoms with van der Waals surface area (Å²) in [5.74, 6) is 0. The number of benzene rings is 5.